The highest BCUT2D eigenvalue weighted by atomic mass is 16.5. The van der Waals surface area contributed by atoms with Crippen LogP contribution in [0.4, 0.5) is 5.69 Å². The molecule has 0 unspecified atom stereocenters. The first-order valence-electron chi connectivity index (χ1n) is 12.0. The second-order valence-electron chi connectivity index (χ2n) is 9.11. The van der Waals surface area contributed by atoms with Crippen LogP contribution in [0.15, 0.2) is 48.5 Å². The lowest BCUT2D eigenvalue weighted by Gasteiger charge is -2.32. The van der Waals surface area contributed by atoms with Gasteiger partial charge in [0.15, 0.2) is 0 Å². The molecule has 1 heterocycles. The average molecular weight is 454 g/mol. The van der Waals surface area contributed by atoms with E-state index in [0.717, 1.165) is 50.5 Å². The second kappa shape index (κ2) is 12.6. The number of anilines is 1. The summed E-state index contributed by atoms with van der Waals surface area (Å²) < 4.78 is 10.6. The summed E-state index contributed by atoms with van der Waals surface area (Å²) in [5.41, 5.74) is 2.88. The Hall–Kier alpha value is -2.57. The molecule has 1 amide bonds. The van der Waals surface area contributed by atoms with Gasteiger partial charge in [0.25, 0.3) is 5.91 Å². The Balaban J connectivity index is 1.71. The topological polar surface area (TPSA) is 62.8 Å². The Bertz CT molecular complexity index is 872. The summed E-state index contributed by atoms with van der Waals surface area (Å²) in [5, 5.41) is 6.93. The molecule has 1 fully saturated rings. The molecule has 0 radical (unpaired) electrons. The maximum Gasteiger partial charge on any atom is 0.254 e. The van der Waals surface area contributed by atoms with Crippen molar-refractivity contribution in [2.45, 2.75) is 32.7 Å². The first-order valence-corrected chi connectivity index (χ1v) is 12.0. The average Bonchev–Trinajstić information content (AvgIpc) is 3.26. The summed E-state index contributed by atoms with van der Waals surface area (Å²) in [4.78, 5) is 15.6. The number of nitrogens with zero attached hydrogens (tertiary/aromatic N) is 1. The van der Waals surface area contributed by atoms with E-state index in [0.29, 0.717) is 24.0 Å². The zero-order valence-corrected chi connectivity index (χ0v) is 20.5. The van der Waals surface area contributed by atoms with Gasteiger partial charge in [-0.1, -0.05) is 30.3 Å². The van der Waals surface area contributed by atoms with Crippen LogP contribution in [0.1, 0.15) is 36.2 Å². The van der Waals surface area contributed by atoms with Crippen LogP contribution < -0.4 is 15.4 Å². The number of hydrogen-bond donors (Lipinski definition) is 2. The maximum absolute atomic E-state index is 13.6. The monoisotopic (exact) mass is 453 g/mol. The van der Waals surface area contributed by atoms with Crippen LogP contribution in [0, 0.1) is 11.8 Å². The molecule has 0 aliphatic carbocycles. The molecule has 180 valence electrons. The smallest absolute Gasteiger partial charge is 0.254 e. The maximum atomic E-state index is 13.6. The van der Waals surface area contributed by atoms with Crippen LogP contribution in [-0.2, 0) is 11.2 Å². The lowest BCUT2D eigenvalue weighted by molar-refractivity contribution is 0.0662. The van der Waals surface area contributed by atoms with Crippen molar-refractivity contribution in [3.05, 3.63) is 59.7 Å². The highest BCUT2D eigenvalue weighted by Gasteiger charge is 2.31. The lowest BCUT2D eigenvalue weighted by Crippen LogP contribution is -2.42. The summed E-state index contributed by atoms with van der Waals surface area (Å²) >= 11 is 0. The van der Waals surface area contributed by atoms with Crippen molar-refractivity contribution in [2.24, 2.45) is 11.8 Å². The highest BCUT2D eigenvalue weighted by molar-refractivity contribution is 5.95. The standard InChI is InChI=1S/C27H39N3O3/c1-20(2)30(19-24-18-28-17-23(24)15-21-9-6-5-7-10-21)27(31)22-11-12-26(33-4)25(16-22)29-13-8-14-32-3/h5-7,9-12,16,20,23-24,28-29H,8,13-15,17-19H2,1-4H3/t23-,24+/m0/s1. The number of nitrogens with one attached hydrogen (secondary N) is 2. The molecule has 0 spiro atoms. The van der Waals surface area contributed by atoms with Crippen LogP contribution in [0.2, 0.25) is 0 Å². The fraction of sp³-hybridized carbons (Fsp3) is 0.519. The van der Waals surface area contributed by atoms with Gasteiger partial charge < -0.3 is 25.0 Å². The normalized spacial score (nSPS) is 17.8. The third-order valence-corrected chi connectivity index (χ3v) is 6.42. The zero-order valence-electron chi connectivity index (χ0n) is 20.5. The molecule has 2 N–H and O–H groups in total. The Morgan fingerprint density at radius 1 is 1.12 bits per heavy atom. The van der Waals surface area contributed by atoms with Crippen LogP contribution in [0.3, 0.4) is 0 Å². The van der Waals surface area contributed by atoms with E-state index in [-0.39, 0.29) is 11.9 Å². The fourth-order valence-corrected chi connectivity index (χ4v) is 4.52. The van der Waals surface area contributed by atoms with Gasteiger partial charge in [-0.25, -0.2) is 0 Å². The van der Waals surface area contributed by atoms with Crippen LogP contribution in [-0.4, -0.2) is 63.9 Å². The van der Waals surface area contributed by atoms with E-state index < -0.39 is 0 Å². The van der Waals surface area contributed by atoms with Gasteiger partial charge in [0.05, 0.1) is 12.8 Å². The summed E-state index contributed by atoms with van der Waals surface area (Å²) in [6.45, 7) is 8.34. The number of methoxy groups -OCH3 is 2. The molecular formula is C27H39N3O3. The third-order valence-electron chi connectivity index (χ3n) is 6.42. The van der Waals surface area contributed by atoms with Crippen LogP contribution in [0.25, 0.3) is 0 Å². The van der Waals surface area contributed by atoms with Gasteiger partial charge in [-0.15, -0.1) is 0 Å². The molecule has 1 aliphatic rings. The SMILES string of the molecule is COCCCNc1cc(C(=O)N(C[C@H]2CNC[C@@H]2Cc2ccccc2)C(C)C)ccc1OC. The molecule has 2 atom stereocenters. The van der Waals surface area contributed by atoms with Gasteiger partial charge in [0, 0.05) is 38.4 Å². The van der Waals surface area contributed by atoms with E-state index in [1.165, 1.54) is 5.56 Å². The van der Waals surface area contributed by atoms with Gasteiger partial charge >= 0.3 is 0 Å². The van der Waals surface area contributed by atoms with E-state index in [4.69, 9.17) is 9.47 Å². The van der Waals surface area contributed by atoms with Gasteiger partial charge in [0.1, 0.15) is 5.75 Å². The Kier molecular flexibility index (Phi) is 9.58. The van der Waals surface area contributed by atoms with Crippen LogP contribution >= 0.6 is 0 Å². The lowest BCUT2D eigenvalue weighted by atomic mass is 9.89. The molecule has 1 saturated heterocycles. The van der Waals surface area contributed by atoms with Crippen molar-refractivity contribution in [1.29, 1.82) is 0 Å². The predicted octanol–water partition coefficient (Wildman–Crippen LogP) is 4.07. The molecule has 6 heteroatoms. The minimum Gasteiger partial charge on any atom is -0.495 e. The molecule has 1 aliphatic heterocycles. The molecule has 6 nitrogen and oxygen atoms in total. The Labute approximate surface area is 198 Å². The van der Waals surface area contributed by atoms with Crippen molar-refractivity contribution < 1.29 is 14.3 Å². The molecular weight excluding hydrogens is 414 g/mol. The minimum atomic E-state index is 0.0676. The largest absolute Gasteiger partial charge is 0.495 e. The molecule has 3 rings (SSSR count). The molecule has 0 bridgehead atoms. The number of carbonyl (C=O) groups is 1. The quantitative estimate of drug-likeness (QED) is 0.475. The summed E-state index contributed by atoms with van der Waals surface area (Å²) in [6, 6.07) is 16.4. The third kappa shape index (κ3) is 6.95. The van der Waals surface area contributed by atoms with Crippen molar-refractivity contribution in [3.8, 4) is 5.75 Å². The van der Waals surface area contributed by atoms with Crippen LogP contribution in [0.5, 0.6) is 5.75 Å². The van der Waals surface area contributed by atoms with Crippen molar-refractivity contribution in [3.63, 3.8) is 0 Å². The fourth-order valence-electron chi connectivity index (χ4n) is 4.52. The number of rotatable bonds is 12. The number of carbonyl (C=O) groups excluding carboxylic acids is 1. The predicted molar refractivity (Wildman–Crippen MR) is 134 cm³/mol. The van der Waals surface area contributed by atoms with Crippen molar-refractivity contribution in [2.75, 3.05) is 52.3 Å². The first-order chi connectivity index (χ1) is 16.0. The zero-order chi connectivity index (χ0) is 23.6. The number of hydrogen-bond acceptors (Lipinski definition) is 5. The van der Waals surface area contributed by atoms with E-state index in [2.05, 4.69) is 54.8 Å². The van der Waals surface area contributed by atoms with E-state index in [1.807, 2.05) is 23.1 Å². The molecule has 2 aromatic rings. The summed E-state index contributed by atoms with van der Waals surface area (Å²) in [7, 11) is 3.35. The van der Waals surface area contributed by atoms with Gasteiger partial charge in [-0.05, 0) is 75.4 Å². The van der Waals surface area contributed by atoms with E-state index in [9.17, 15) is 4.79 Å². The second-order valence-corrected chi connectivity index (χ2v) is 9.11. The minimum absolute atomic E-state index is 0.0676. The van der Waals surface area contributed by atoms with Crippen molar-refractivity contribution in [1.82, 2.24) is 10.2 Å². The molecule has 0 aromatic heterocycles. The molecule has 0 saturated carbocycles. The van der Waals surface area contributed by atoms with E-state index in [1.54, 1.807) is 14.2 Å². The number of amides is 1. The number of ether oxygens (including phenoxy) is 2. The first kappa shape index (κ1) is 25.1. The molecule has 33 heavy (non-hydrogen) atoms. The number of benzene rings is 2. The van der Waals surface area contributed by atoms with Crippen molar-refractivity contribution >= 4 is 11.6 Å². The Morgan fingerprint density at radius 3 is 2.58 bits per heavy atom. The summed E-state index contributed by atoms with van der Waals surface area (Å²) in [5.74, 6) is 1.76. The molecule has 2 aromatic carbocycles. The summed E-state index contributed by atoms with van der Waals surface area (Å²) in [6.07, 6.45) is 1.92. The highest BCUT2D eigenvalue weighted by Crippen LogP contribution is 2.28. The van der Waals surface area contributed by atoms with Gasteiger partial charge in [-0.2, -0.15) is 0 Å². The van der Waals surface area contributed by atoms with Gasteiger partial charge in [0.2, 0.25) is 0 Å². The Morgan fingerprint density at radius 2 is 1.88 bits per heavy atom. The van der Waals surface area contributed by atoms with E-state index >= 15 is 0 Å². The van der Waals surface area contributed by atoms with Gasteiger partial charge in [-0.3, -0.25) is 4.79 Å².